The van der Waals surface area contributed by atoms with E-state index in [-0.39, 0.29) is 31.9 Å². The van der Waals surface area contributed by atoms with Crippen LogP contribution in [0.25, 0.3) is 0 Å². The monoisotopic (exact) mass is 293 g/mol. The third kappa shape index (κ3) is 6.56. The average molecular weight is 293 g/mol. The number of esters is 1. The molecule has 0 unspecified atom stereocenters. The molecule has 1 rings (SSSR count). The number of nitrogens with zero attached hydrogens (tertiary/aromatic N) is 1. The minimum atomic E-state index is -1.09. The summed E-state index contributed by atoms with van der Waals surface area (Å²) in [6.45, 7) is 1.76. The number of aliphatic carboxylic acids is 1. The third-order valence-corrected chi connectivity index (χ3v) is 2.74. The van der Waals surface area contributed by atoms with Gasteiger partial charge in [-0.3, -0.25) is 14.4 Å². The topological polar surface area (TPSA) is 83.9 Å². The predicted octanol–water partition coefficient (Wildman–Crippen LogP) is 1.44. The molecule has 1 amide bonds. The minimum Gasteiger partial charge on any atom is -0.480 e. The van der Waals surface area contributed by atoms with Crippen molar-refractivity contribution in [2.75, 3.05) is 13.2 Å². The smallest absolute Gasteiger partial charge is 0.323 e. The number of benzene rings is 1. The first-order valence-corrected chi connectivity index (χ1v) is 6.72. The van der Waals surface area contributed by atoms with E-state index in [2.05, 4.69) is 0 Å². The molecule has 0 aliphatic rings. The lowest BCUT2D eigenvalue weighted by Gasteiger charge is -2.20. The average Bonchev–Trinajstić information content (AvgIpc) is 2.45. The first kappa shape index (κ1) is 16.7. The SMILES string of the molecule is CCOC(=O)CCC(=O)N(CC(=O)O)Cc1ccccc1. The lowest BCUT2D eigenvalue weighted by Crippen LogP contribution is -2.35. The van der Waals surface area contributed by atoms with Crippen molar-refractivity contribution in [2.24, 2.45) is 0 Å². The number of carbonyl (C=O) groups excluding carboxylic acids is 2. The van der Waals surface area contributed by atoms with E-state index in [1.54, 1.807) is 6.92 Å². The highest BCUT2D eigenvalue weighted by molar-refractivity contribution is 5.84. The number of ether oxygens (including phenoxy) is 1. The lowest BCUT2D eigenvalue weighted by molar-refractivity contribution is -0.147. The van der Waals surface area contributed by atoms with Gasteiger partial charge >= 0.3 is 11.9 Å². The van der Waals surface area contributed by atoms with Gasteiger partial charge in [0.15, 0.2) is 0 Å². The summed E-state index contributed by atoms with van der Waals surface area (Å²) in [6.07, 6.45) is -0.101. The second-order valence-corrected chi connectivity index (χ2v) is 4.43. The van der Waals surface area contributed by atoms with Crippen LogP contribution in [0.15, 0.2) is 30.3 Å². The molecule has 0 heterocycles. The molecular weight excluding hydrogens is 274 g/mol. The Bertz CT molecular complexity index is 486. The zero-order chi connectivity index (χ0) is 15.7. The fraction of sp³-hybridized carbons (Fsp3) is 0.400. The van der Waals surface area contributed by atoms with Crippen molar-refractivity contribution in [1.29, 1.82) is 0 Å². The molecule has 0 saturated carbocycles. The quantitative estimate of drug-likeness (QED) is 0.733. The molecule has 0 fully saturated rings. The van der Waals surface area contributed by atoms with Gasteiger partial charge in [0.1, 0.15) is 6.54 Å². The normalized spacial score (nSPS) is 9.95. The zero-order valence-corrected chi connectivity index (χ0v) is 11.9. The Morgan fingerprint density at radius 1 is 1.14 bits per heavy atom. The first-order chi connectivity index (χ1) is 10.0. The van der Waals surface area contributed by atoms with E-state index in [1.165, 1.54) is 4.90 Å². The summed E-state index contributed by atoms with van der Waals surface area (Å²) in [7, 11) is 0. The van der Waals surface area contributed by atoms with Crippen molar-refractivity contribution in [2.45, 2.75) is 26.3 Å². The van der Waals surface area contributed by atoms with E-state index < -0.39 is 18.5 Å². The molecule has 21 heavy (non-hydrogen) atoms. The number of carbonyl (C=O) groups is 3. The van der Waals surface area contributed by atoms with E-state index in [0.717, 1.165) is 5.56 Å². The summed E-state index contributed by atoms with van der Waals surface area (Å²) in [6, 6.07) is 9.10. The maximum Gasteiger partial charge on any atom is 0.323 e. The van der Waals surface area contributed by atoms with Crippen LogP contribution in [0.5, 0.6) is 0 Å². The Morgan fingerprint density at radius 3 is 2.38 bits per heavy atom. The van der Waals surface area contributed by atoms with Crippen LogP contribution in [0.4, 0.5) is 0 Å². The molecule has 0 aliphatic carbocycles. The minimum absolute atomic E-state index is 0.0441. The number of hydrogen-bond acceptors (Lipinski definition) is 4. The zero-order valence-electron chi connectivity index (χ0n) is 11.9. The van der Waals surface area contributed by atoms with Gasteiger partial charge in [0.25, 0.3) is 0 Å². The highest BCUT2D eigenvalue weighted by Crippen LogP contribution is 2.07. The fourth-order valence-corrected chi connectivity index (χ4v) is 1.80. The lowest BCUT2D eigenvalue weighted by atomic mass is 10.2. The highest BCUT2D eigenvalue weighted by Gasteiger charge is 2.18. The molecule has 0 spiro atoms. The van der Waals surface area contributed by atoms with Crippen LogP contribution in [0, 0.1) is 0 Å². The number of carboxylic acids is 1. The molecule has 0 atom stereocenters. The molecule has 0 radical (unpaired) electrons. The van der Waals surface area contributed by atoms with E-state index in [0.29, 0.717) is 0 Å². The van der Waals surface area contributed by atoms with E-state index in [4.69, 9.17) is 9.84 Å². The number of hydrogen-bond donors (Lipinski definition) is 1. The van der Waals surface area contributed by atoms with Crippen molar-refractivity contribution in [3.63, 3.8) is 0 Å². The van der Waals surface area contributed by atoms with Gasteiger partial charge in [0.2, 0.25) is 5.91 Å². The van der Waals surface area contributed by atoms with Crippen LogP contribution in [0.1, 0.15) is 25.3 Å². The molecule has 6 nitrogen and oxygen atoms in total. The molecule has 1 aromatic rings. The maximum absolute atomic E-state index is 12.0. The van der Waals surface area contributed by atoms with Crippen LogP contribution < -0.4 is 0 Å². The molecule has 0 bridgehead atoms. The summed E-state index contributed by atoms with van der Waals surface area (Å²) in [4.78, 5) is 35.4. The number of carboxylic acid groups (broad SMARTS) is 1. The summed E-state index contributed by atoms with van der Waals surface area (Å²) in [5, 5.41) is 8.89. The summed E-state index contributed by atoms with van der Waals surface area (Å²) in [5.41, 5.74) is 0.836. The van der Waals surface area contributed by atoms with E-state index in [1.807, 2.05) is 30.3 Å². The van der Waals surface area contributed by atoms with Crippen LogP contribution in [0.2, 0.25) is 0 Å². The molecule has 114 valence electrons. The molecule has 0 saturated heterocycles. The highest BCUT2D eigenvalue weighted by atomic mass is 16.5. The van der Waals surface area contributed by atoms with Crippen LogP contribution in [-0.4, -0.2) is 41.0 Å². The second kappa shape index (κ2) is 8.73. The van der Waals surface area contributed by atoms with Gasteiger partial charge in [-0.1, -0.05) is 30.3 Å². The molecule has 6 heteroatoms. The van der Waals surface area contributed by atoms with Gasteiger partial charge in [-0.05, 0) is 12.5 Å². The Hall–Kier alpha value is -2.37. The van der Waals surface area contributed by atoms with Gasteiger partial charge in [-0.15, -0.1) is 0 Å². The van der Waals surface area contributed by atoms with Crippen molar-refractivity contribution >= 4 is 17.8 Å². The van der Waals surface area contributed by atoms with Crippen molar-refractivity contribution < 1.29 is 24.2 Å². The van der Waals surface area contributed by atoms with Crippen molar-refractivity contribution in [3.8, 4) is 0 Å². The van der Waals surface area contributed by atoms with E-state index >= 15 is 0 Å². The Labute approximate surface area is 123 Å². The fourth-order valence-electron chi connectivity index (χ4n) is 1.80. The Kier molecular flexibility index (Phi) is 6.94. The van der Waals surface area contributed by atoms with Gasteiger partial charge in [0, 0.05) is 13.0 Å². The van der Waals surface area contributed by atoms with Crippen LogP contribution >= 0.6 is 0 Å². The summed E-state index contributed by atoms with van der Waals surface area (Å²) in [5.74, 6) is -1.93. The molecule has 0 aliphatic heterocycles. The van der Waals surface area contributed by atoms with Crippen LogP contribution in [0.3, 0.4) is 0 Å². The first-order valence-electron chi connectivity index (χ1n) is 6.72. The second-order valence-electron chi connectivity index (χ2n) is 4.43. The third-order valence-electron chi connectivity index (χ3n) is 2.74. The number of amides is 1. The molecule has 1 aromatic carbocycles. The largest absolute Gasteiger partial charge is 0.480 e. The Morgan fingerprint density at radius 2 is 1.81 bits per heavy atom. The number of rotatable bonds is 8. The van der Waals surface area contributed by atoms with Gasteiger partial charge in [0.05, 0.1) is 13.0 Å². The van der Waals surface area contributed by atoms with Gasteiger partial charge in [-0.2, -0.15) is 0 Å². The molecule has 1 N–H and O–H groups in total. The molecular formula is C15H19NO5. The molecule has 0 aromatic heterocycles. The van der Waals surface area contributed by atoms with Crippen LogP contribution in [-0.2, 0) is 25.7 Å². The predicted molar refractivity (Wildman–Crippen MR) is 75.4 cm³/mol. The maximum atomic E-state index is 12.0. The standard InChI is InChI=1S/C15H19NO5/c1-2-21-15(20)9-8-13(17)16(11-14(18)19)10-12-6-4-3-5-7-12/h3-7H,2,8-11H2,1H3,(H,18,19). The van der Waals surface area contributed by atoms with E-state index in [9.17, 15) is 14.4 Å². The summed E-state index contributed by atoms with van der Waals surface area (Å²) >= 11 is 0. The van der Waals surface area contributed by atoms with Crippen molar-refractivity contribution in [1.82, 2.24) is 4.90 Å². The van der Waals surface area contributed by atoms with Crippen molar-refractivity contribution in [3.05, 3.63) is 35.9 Å². The van der Waals surface area contributed by atoms with Gasteiger partial charge in [-0.25, -0.2) is 0 Å². The summed E-state index contributed by atoms with van der Waals surface area (Å²) < 4.78 is 4.75. The van der Waals surface area contributed by atoms with Gasteiger partial charge < -0.3 is 14.7 Å². The Balaban J connectivity index is 2.62.